The van der Waals surface area contributed by atoms with E-state index in [-0.39, 0.29) is 6.10 Å². The molecule has 1 N–H and O–H groups in total. The van der Waals surface area contributed by atoms with Gasteiger partial charge in [-0.2, -0.15) is 0 Å². The lowest BCUT2D eigenvalue weighted by Gasteiger charge is -2.24. The molecule has 0 spiro atoms. The van der Waals surface area contributed by atoms with Gasteiger partial charge < -0.3 is 9.84 Å². The summed E-state index contributed by atoms with van der Waals surface area (Å²) in [6.45, 7) is 1.70. The van der Waals surface area contributed by atoms with Gasteiger partial charge in [-0.1, -0.05) is 30.3 Å². The molecule has 2 atom stereocenters. The molecule has 0 aliphatic carbocycles. The van der Waals surface area contributed by atoms with Gasteiger partial charge in [-0.15, -0.1) is 0 Å². The van der Waals surface area contributed by atoms with Crippen molar-refractivity contribution < 1.29 is 9.84 Å². The molecule has 1 heterocycles. The summed E-state index contributed by atoms with van der Waals surface area (Å²) in [7, 11) is 0. The zero-order valence-electron chi connectivity index (χ0n) is 8.93. The quantitative estimate of drug-likeness (QED) is 0.823. The number of benzene rings is 1. The average Bonchev–Trinajstić information content (AvgIpc) is 2.31. The first-order chi connectivity index (χ1) is 7.36. The highest BCUT2D eigenvalue weighted by molar-refractivity contribution is 5.17. The molecule has 2 nitrogen and oxygen atoms in total. The van der Waals surface area contributed by atoms with Crippen LogP contribution in [0.2, 0.25) is 0 Å². The van der Waals surface area contributed by atoms with Crippen LogP contribution in [0.15, 0.2) is 30.3 Å². The second-order valence-corrected chi connectivity index (χ2v) is 4.25. The molecule has 2 unspecified atom stereocenters. The van der Waals surface area contributed by atoms with Gasteiger partial charge in [-0.25, -0.2) is 0 Å². The summed E-state index contributed by atoms with van der Waals surface area (Å²) >= 11 is 0. The Kier molecular flexibility index (Phi) is 3.75. The largest absolute Gasteiger partial charge is 0.388 e. The number of hydrogen-bond acceptors (Lipinski definition) is 2. The Labute approximate surface area is 90.9 Å². The van der Waals surface area contributed by atoms with Gasteiger partial charge in [0, 0.05) is 13.2 Å². The predicted octanol–water partition coefficient (Wildman–Crippen LogP) is 2.54. The lowest BCUT2D eigenvalue weighted by Crippen LogP contribution is -2.19. The van der Waals surface area contributed by atoms with Gasteiger partial charge in [0.15, 0.2) is 0 Å². The van der Waals surface area contributed by atoms with Crippen LogP contribution in [0, 0.1) is 5.92 Å². The zero-order valence-corrected chi connectivity index (χ0v) is 8.93. The molecule has 0 amide bonds. The Morgan fingerprint density at radius 2 is 2.13 bits per heavy atom. The van der Waals surface area contributed by atoms with E-state index in [0.29, 0.717) is 5.92 Å². The summed E-state index contributed by atoms with van der Waals surface area (Å²) in [5, 5.41) is 10.0. The van der Waals surface area contributed by atoms with Crippen molar-refractivity contribution in [3.8, 4) is 0 Å². The van der Waals surface area contributed by atoms with Crippen molar-refractivity contribution in [1.29, 1.82) is 0 Å². The molecule has 1 fully saturated rings. The van der Waals surface area contributed by atoms with Crippen molar-refractivity contribution in [2.24, 2.45) is 5.92 Å². The van der Waals surface area contributed by atoms with Gasteiger partial charge in [0.05, 0.1) is 6.10 Å². The van der Waals surface area contributed by atoms with Crippen LogP contribution < -0.4 is 0 Å². The average molecular weight is 206 g/mol. The van der Waals surface area contributed by atoms with Gasteiger partial charge in [0.2, 0.25) is 0 Å². The molecule has 0 radical (unpaired) electrons. The SMILES string of the molecule is OC(CC1CCCOC1)c1ccccc1. The number of aliphatic hydroxyl groups excluding tert-OH is 1. The van der Waals surface area contributed by atoms with E-state index in [0.717, 1.165) is 31.6 Å². The van der Waals surface area contributed by atoms with Crippen molar-refractivity contribution in [2.75, 3.05) is 13.2 Å². The van der Waals surface area contributed by atoms with Crippen LogP contribution >= 0.6 is 0 Å². The normalized spacial score (nSPS) is 23.7. The Morgan fingerprint density at radius 1 is 1.33 bits per heavy atom. The fourth-order valence-corrected chi connectivity index (χ4v) is 2.12. The molecule has 0 aromatic heterocycles. The third-order valence-electron chi connectivity index (χ3n) is 3.00. The highest BCUT2D eigenvalue weighted by Gasteiger charge is 2.18. The summed E-state index contributed by atoms with van der Waals surface area (Å²) in [5.74, 6) is 0.522. The lowest BCUT2D eigenvalue weighted by molar-refractivity contribution is 0.0289. The van der Waals surface area contributed by atoms with Crippen LogP contribution in [-0.2, 0) is 4.74 Å². The third-order valence-corrected chi connectivity index (χ3v) is 3.00. The van der Waals surface area contributed by atoms with Gasteiger partial charge >= 0.3 is 0 Å². The minimum Gasteiger partial charge on any atom is -0.388 e. The van der Waals surface area contributed by atoms with Gasteiger partial charge in [-0.3, -0.25) is 0 Å². The van der Waals surface area contributed by atoms with Crippen molar-refractivity contribution in [1.82, 2.24) is 0 Å². The first kappa shape index (κ1) is 10.7. The van der Waals surface area contributed by atoms with Crippen LogP contribution in [0.25, 0.3) is 0 Å². The molecule has 2 rings (SSSR count). The molecule has 2 heteroatoms. The molecule has 15 heavy (non-hydrogen) atoms. The molecule has 0 saturated carbocycles. The van der Waals surface area contributed by atoms with Gasteiger partial charge in [0.25, 0.3) is 0 Å². The number of rotatable bonds is 3. The second kappa shape index (κ2) is 5.29. The number of hydrogen-bond donors (Lipinski definition) is 1. The van der Waals surface area contributed by atoms with E-state index in [4.69, 9.17) is 4.74 Å². The Balaban J connectivity index is 1.88. The van der Waals surface area contributed by atoms with Crippen LogP contribution in [0.3, 0.4) is 0 Å². The molecule has 82 valence electrons. The highest BCUT2D eigenvalue weighted by Crippen LogP contribution is 2.26. The van der Waals surface area contributed by atoms with E-state index in [1.165, 1.54) is 6.42 Å². The predicted molar refractivity (Wildman–Crippen MR) is 59.6 cm³/mol. The fourth-order valence-electron chi connectivity index (χ4n) is 2.12. The highest BCUT2D eigenvalue weighted by atomic mass is 16.5. The lowest BCUT2D eigenvalue weighted by atomic mass is 9.93. The zero-order chi connectivity index (χ0) is 10.5. The summed E-state index contributed by atoms with van der Waals surface area (Å²) in [5.41, 5.74) is 1.02. The monoisotopic (exact) mass is 206 g/mol. The summed E-state index contributed by atoms with van der Waals surface area (Å²) in [6, 6.07) is 9.87. The Morgan fingerprint density at radius 3 is 2.80 bits per heavy atom. The van der Waals surface area contributed by atoms with Gasteiger partial charge in [-0.05, 0) is 30.7 Å². The summed E-state index contributed by atoms with van der Waals surface area (Å²) in [4.78, 5) is 0. The fraction of sp³-hybridized carbons (Fsp3) is 0.538. The molecule has 1 aromatic rings. The van der Waals surface area contributed by atoms with Crippen molar-refractivity contribution >= 4 is 0 Å². The minimum absolute atomic E-state index is 0.335. The molecule has 1 aromatic carbocycles. The molecular formula is C13H18O2. The van der Waals surface area contributed by atoms with E-state index >= 15 is 0 Å². The Bertz CT molecular complexity index is 278. The maximum Gasteiger partial charge on any atom is 0.0793 e. The molecule has 1 saturated heterocycles. The molecule has 1 aliphatic rings. The van der Waals surface area contributed by atoms with Crippen LogP contribution in [0.1, 0.15) is 30.9 Å². The minimum atomic E-state index is -0.335. The van der Waals surface area contributed by atoms with Crippen LogP contribution in [0.4, 0.5) is 0 Å². The van der Waals surface area contributed by atoms with E-state index in [1.807, 2.05) is 30.3 Å². The second-order valence-electron chi connectivity index (χ2n) is 4.25. The van der Waals surface area contributed by atoms with E-state index in [9.17, 15) is 5.11 Å². The van der Waals surface area contributed by atoms with E-state index in [2.05, 4.69) is 0 Å². The van der Waals surface area contributed by atoms with Crippen molar-refractivity contribution in [2.45, 2.75) is 25.4 Å². The van der Waals surface area contributed by atoms with Crippen molar-refractivity contribution in [3.05, 3.63) is 35.9 Å². The first-order valence-corrected chi connectivity index (χ1v) is 5.67. The summed E-state index contributed by atoms with van der Waals surface area (Å²) in [6.07, 6.45) is 2.80. The molecular weight excluding hydrogens is 188 g/mol. The van der Waals surface area contributed by atoms with Crippen LogP contribution in [-0.4, -0.2) is 18.3 Å². The Hall–Kier alpha value is -0.860. The van der Waals surface area contributed by atoms with Crippen molar-refractivity contribution in [3.63, 3.8) is 0 Å². The van der Waals surface area contributed by atoms with Crippen LogP contribution in [0.5, 0.6) is 0 Å². The smallest absolute Gasteiger partial charge is 0.0793 e. The number of aliphatic hydroxyl groups is 1. The maximum absolute atomic E-state index is 10.0. The first-order valence-electron chi connectivity index (χ1n) is 5.67. The standard InChI is InChI=1S/C13H18O2/c14-13(12-6-2-1-3-7-12)9-11-5-4-8-15-10-11/h1-3,6-7,11,13-14H,4-5,8-10H2. The number of ether oxygens (including phenoxy) is 1. The van der Waals surface area contributed by atoms with E-state index < -0.39 is 0 Å². The molecule has 0 bridgehead atoms. The van der Waals surface area contributed by atoms with Gasteiger partial charge in [0.1, 0.15) is 0 Å². The maximum atomic E-state index is 10.0. The third kappa shape index (κ3) is 3.05. The summed E-state index contributed by atoms with van der Waals surface area (Å²) < 4.78 is 5.41. The molecule has 1 aliphatic heterocycles. The topological polar surface area (TPSA) is 29.5 Å². The van der Waals surface area contributed by atoms with E-state index in [1.54, 1.807) is 0 Å².